The highest BCUT2D eigenvalue weighted by molar-refractivity contribution is 5.08. The van der Waals surface area contributed by atoms with Gasteiger partial charge in [0.15, 0.2) is 0 Å². The highest BCUT2D eigenvalue weighted by Crippen LogP contribution is 2.34. The number of rotatable bonds is 5. The van der Waals surface area contributed by atoms with E-state index in [2.05, 4.69) is 34.9 Å². The van der Waals surface area contributed by atoms with Gasteiger partial charge in [0.1, 0.15) is 0 Å². The average molecular weight is 278 g/mol. The Morgan fingerprint density at radius 1 is 1.35 bits per heavy atom. The molecular formula is C15H26N4O. The molecule has 112 valence electrons. The first-order valence-corrected chi connectivity index (χ1v) is 7.76. The van der Waals surface area contributed by atoms with Crippen molar-refractivity contribution in [3.8, 4) is 0 Å². The van der Waals surface area contributed by atoms with Gasteiger partial charge in [-0.2, -0.15) is 5.10 Å². The van der Waals surface area contributed by atoms with Crippen LogP contribution in [0.5, 0.6) is 0 Å². The van der Waals surface area contributed by atoms with Crippen molar-refractivity contribution in [3.05, 3.63) is 18.0 Å². The van der Waals surface area contributed by atoms with Crippen LogP contribution < -0.4 is 0 Å². The zero-order chi connectivity index (χ0) is 14.1. The molecule has 0 aromatic carbocycles. The first-order chi connectivity index (χ1) is 9.72. The standard InChI is InChI=1S/C15H26N4O/c1-4-18(5-2)14-9-19(15-11-20-10-13(14)15)8-12-6-16-17(3)7-12/h6-7,13-15H,4-5,8-11H2,1-3H3/t13-,14-,15-/m1/s1. The van der Waals surface area contributed by atoms with E-state index >= 15 is 0 Å². The number of aryl methyl sites for hydroxylation is 1. The van der Waals surface area contributed by atoms with Crippen molar-refractivity contribution in [1.29, 1.82) is 0 Å². The van der Waals surface area contributed by atoms with E-state index in [1.807, 2.05) is 17.9 Å². The Labute approximate surface area is 121 Å². The van der Waals surface area contributed by atoms with Crippen LogP contribution in [0.25, 0.3) is 0 Å². The minimum Gasteiger partial charge on any atom is -0.379 e. The molecule has 0 spiro atoms. The molecule has 5 nitrogen and oxygen atoms in total. The Bertz CT molecular complexity index is 443. The fourth-order valence-corrected chi connectivity index (χ4v) is 3.86. The van der Waals surface area contributed by atoms with Gasteiger partial charge in [0.25, 0.3) is 0 Å². The van der Waals surface area contributed by atoms with E-state index in [0.717, 1.165) is 39.4 Å². The van der Waals surface area contributed by atoms with Gasteiger partial charge in [0.05, 0.1) is 19.4 Å². The second kappa shape index (κ2) is 5.84. The van der Waals surface area contributed by atoms with E-state index in [0.29, 0.717) is 18.0 Å². The van der Waals surface area contributed by atoms with Crippen molar-refractivity contribution >= 4 is 0 Å². The highest BCUT2D eigenvalue weighted by atomic mass is 16.5. The molecule has 0 unspecified atom stereocenters. The molecule has 2 fully saturated rings. The van der Waals surface area contributed by atoms with Crippen molar-refractivity contribution in [2.24, 2.45) is 13.0 Å². The molecule has 1 aromatic heterocycles. The van der Waals surface area contributed by atoms with Gasteiger partial charge in [-0.15, -0.1) is 0 Å². The Kier molecular flexibility index (Phi) is 4.10. The zero-order valence-electron chi connectivity index (χ0n) is 12.8. The lowest BCUT2D eigenvalue weighted by atomic mass is 9.98. The first kappa shape index (κ1) is 14.0. The molecular weight excluding hydrogens is 252 g/mol. The maximum Gasteiger partial charge on any atom is 0.0626 e. The number of nitrogens with zero attached hydrogens (tertiary/aromatic N) is 4. The van der Waals surface area contributed by atoms with Gasteiger partial charge in [0.2, 0.25) is 0 Å². The minimum atomic E-state index is 0.584. The van der Waals surface area contributed by atoms with Crippen LogP contribution in [0.15, 0.2) is 12.4 Å². The third-order valence-corrected chi connectivity index (χ3v) is 4.90. The second-order valence-electron chi connectivity index (χ2n) is 6.01. The molecule has 3 rings (SSSR count). The molecule has 2 aliphatic heterocycles. The zero-order valence-corrected chi connectivity index (χ0v) is 12.8. The normalized spacial score (nSPS) is 30.3. The van der Waals surface area contributed by atoms with Crippen LogP contribution >= 0.6 is 0 Å². The molecule has 20 heavy (non-hydrogen) atoms. The van der Waals surface area contributed by atoms with E-state index in [4.69, 9.17) is 4.74 Å². The topological polar surface area (TPSA) is 33.5 Å². The summed E-state index contributed by atoms with van der Waals surface area (Å²) < 4.78 is 7.65. The number of fused-ring (bicyclic) bond motifs is 1. The molecule has 3 heterocycles. The number of aromatic nitrogens is 2. The lowest BCUT2D eigenvalue weighted by molar-refractivity contribution is 0.111. The lowest BCUT2D eigenvalue weighted by Crippen LogP contribution is -2.41. The maximum atomic E-state index is 5.76. The molecule has 0 saturated carbocycles. The van der Waals surface area contributed by atoms with E-state index in [1.54, 1.807) is 0 Å². The van der Waals surface area contributed by atoms with E-state index in [1.165, 1.54) is 5.56 Å². The van der Waals surface area contributed by atoms with Gasteiger partial charge in [-0.1, -0.05) is 13.8 Å². The molecule has 2 saturated heterocycles. The quantitative estimate of drug-likeness (QED) is 0.803. The van der Waals surface area contributed by atoms with E-state index in [9.17, 15) is 0 Å². The number of ether oxygens (including phenoxy) is 1. The lowest BCUT2D eigenvalue weighted by Gasteiger charge is -2.29. The van der Waals surface area contributed by atoms with Gasteiger partial charge in [0, 0.05) is 49.9 Å². The molecule has 0 N–H and O–H groups in total. The highest BCUT2D eigenvalue weighted by Gasteiger charge is 2.46. The predicted molar refractivity (Wildman–Crippen MR) is 78.4 cm³/mol. The fraction of sp³-hybridized carbons (Fsp3) is 0.800. The Balaban J connectivity index is 1.72. The smallest absolute Gasteiger partial charge is 0.0626 e. The van der Waals surface area contributed by atoms with Gasteiger partial charge < -0.3 is 4.74 Å². The third kappa shape index (κ3) is 2.50. The summed E-state index contributed by atoms with van der Waals surface area (Å²) in [5, 5.41) is 4.28. The average Bonchev–Trinajstić information content (AvgIpc) is 3.11. The van der Waals surface area contributed by atoms with Crippen molar-refractivity contribution in [2.75, 3.05) is 32.8 Å². The van der Waals surface area contributed by atoms with Crippen LogP contribution in [0.2, 0.25) is 0 Å². The van der Waals surface area contributed by atoms with Crippen LogP contribution in [0, 0.1) is 5.92 Å². The summed E-state index contributed by atoms with van der Waals surface area (Å²) >= 11 is 0. The molecule has 0 radical (unpaired) electrons. The number of hydrogen-bond donors (Lipinski definition) is 0. The summed E-state index contributed by atoms with van der Waals surface area (Å²) in [4.78, 5) is 5.19. The Morgan fingerprint density at radius 2 is 2.15 bits per heavy atom. The minimum absolute atomic E-state index is 0.584. The summed E-state index contributed by atoms with van der Waals surface area (Å²) in [6, 6.07) is 1.23. The van der Waals surface area contributed by atoms with Gasteiger partial charge in [-0.05, 0) is 13.1 Å². The molecule has 5 heteroatoms. The van der Waals surface area contributed by atoms with Crippen LogP contribution in [0.1, 0.15) is 19.4 Å². The number of hydrogen-bond acceptors (Lipinski definition) is 4. The number of likely N-dealkylation sites (N-methyl/N-ethyl adjacent to an activating group) is 1. The summed E-state index contributed by atoms with van der Waals surface area (Å²) in [6.45, 7) is 10.8. The van der Waals surface area contributed by atoms with Gasteiger partial charge in [-0.3, -0.25) is 14.5 Å². The SMILES string of the molecule is CCN(CC)[C@@H]1CN(Cc2cnn(C)c2)[C@@H]2COC[C@H]12. The van der Waals surface area contributed by atoms with Gasteiger partial charge >= 0.3 is 0 Å². The van der Waals surface area contributed by atoms with Crippen molar-refractivity contribution in [2.45, 2.75) is 32.5 Å². The Morgan fingerprint density at radius 3 is 2.80 bits per heavy atom. The summed E-state index contributed by atoms with van der Waals surface area (Å²) in [7, 11) is 1.98. The van der Waals surface area contributed by atoms with Crippen LogP contribution in [0.3, 0.4) is 0 Å². The number of likely N-dealkylation sites (tertiary alicyclic amines) is 1. The maximum absolute atomic E-state index is 5.76. The predicted octanol–water partition coefficient (Wildman–Crippen LogP) is 0.961. The Hall–Kier alpha value is -0.910. The van der Waals surface area contributed by atoms with Crippen LogP contribution in [-0.4, -0.2) is 64.5 Å². The largest absolute Gasteiger partial charge is 0.379 e. The van der Waals surface area contributed by atoms with E-state index in [-0.39, 0.29) is 0 Å². The van der Waals surface area contributed by atoms with E-state index < -0.39 is 0 Å². The third-order valence-electron chi connectivity index (χ3n) is 4.90. The van der Waals surface area contributed by atoms with Crippen LogP contribution in [0.4, 0.5) is 0 Å². The molecule has 0 aliphatic carbocycles. The molecule has 3 atom stereocenters. The monoisotopic (exact) mass is 278 g/mol. The van der Waals surface area contributed by atoms with Crippen molar-refractivity contribution < 1.29 is 4.74 Å². The summed E-state index contributed by atoms with van der Waals surface area (Å²) in [5.74, 6) is 0.673. The summed E-state index contributed by atoms with van der Waals surface area (Å²) in [5.41, 5.74) is 1.30. The second-order valence-corrected chi connectivity index (χ2v) is 6.01. The first-order valence-electron chi connectivity index (χ1n) is 7.76. The fourth-order valence-electron chi connectivity index (χ4n) is 3.86. The molecule has 0 bridgehead atoms. The summed E-state index contributed by atoms with van der Waals surface area (Å²) in [6.07, 6.45) is 4.10. The molecule has 1 aromatic rings. The van der Waals surface area contributed by atoms with Crippen molar-refractivity contribution in [3.63, 3.8) is 0 Å². The molecule has 2 aliphatic rings. The van der Waals surface area contributed by atoms with Gasteiger partial charge in [-0.25, -0.2) is 0 Å². The van der Waals surface area contributed by atoms with Crippen molar-refractivity contribution in [1.82, 2.24) is 19.6 Å². The van der Waals surface area contributed by atoms with Crippen LogP contribution in [-0.2, 0) is 18.3 Å². The molecule has 0 amide bonds.